The first-order valence-corrected chi connectivity index (χ1v) is 15.1. The first-order chi connectivity index (χ1) is 19.9. The zero-order valence-corrected chi connectivity index (χ0v) is 24.5. The summed E-state index contributed by atoms with van der Waals surface area (Å²) in [5.74, 6) is -0.255. The second kappa shape index (κ2) is 14.7. The molecule has 0 N–H and O–H groups in total. The lowest BCUT2D eigenvalue weighted by Crippen LogP contribution is -2.12. The molecular weight excluding hydrogens is 538 g/mol. The molecule has 0 bridgehead atoms. The smallest absolute Gasteiger partial charge is 0.348 e. The highest BCUT2D eigenvalue weighted by atomic mass is 32.1. The van der Waals surface area contributed by atoms with Gasteiger partial charge in [-0.05, 0) is 91.8 Å². The number of esters is 2. The molecule has 1 heterocycles. The Morgan fingerprint density at radius 3 is 2.44 bits per heavy atom. The van der Waals surface area contributed by atoms with E-state index in [1.54, 1.807) is 0 Å². The number of ether oxygens (including phenoxy) is 2. The van der Waals surface area contributed by atoms with Crippen LogP contribution in [-0.2, 0) is 15.9 Å². The lowest BCUT2D eigenvalue weighted by atomic mass is 9.89. The van der Waals surface area contributed by atoms with E-state index in [4.69, 9.17) is 9.47 Å². The SMILES string of the molecule is CCCCC[C@@H](OC(=O)c1ccc([N+](=O)[O-])cc1)c1ccc(C2=CCC[C@@H]2CCCc2ccc(C(=O)OC)s2)cc1. The number of thiophene rings is 1. The molecule has 216 valence electrons. The van der Waals surface area contributed by atoms with Gasteiger partial charge in [-0.25, -0.2) is 9.59 Å². The lowest BCUT2D eigenvalue weighted by molar-refractivity contribution is -0.384. The van der Waals surface area contributed by atoms with Crippen molar-refractivity contribution in [2.45, 2.75) is 70.8 Å². The van der Waals surface area contributed by atoms with Gasteiger partial charge in [0.1, 0.15) is 11.0 Å². The largest absolute Gasteiger partial charge is 0.465 e. The summed E-state index contributed by atoms with van der Waals surface area (Å²) >= 11 is 1.51. The number of hydrogen-bond donors (Lipinski definition) is 0. The molecule has 0 spiro atoms. The predicted molar refractivity (Wildman–Crippen MR) is 161 cm³/mol. The molecule has 4 rings (SSSR count). The van der Waals surface area contributed by atoms with E-state index >= 15 is 0 Å². The minimum atomic E-state index is -0.486. The van der Waals surface area contributed by atoms with Gasteiger partial charge in [0.2, 0.25) is 0 Å². The van der Waals surface area contributed by atoms with Crippen LogP contribution in [0.3, 0.4) is 0 Å². The van der Waals surface area contributed by atoms with Crippen LogP contribution >= 0.6 is 11.3 Å². The molecule has 1 aromatic heterocycles. The van der Waals surface area contributed by atoms with Crippen LogP contribution in [0.15, 0.2) is 66.7 Å². The summed E-state index contributed by atoms with van der Waals surface area (Å²) in [7, 11) is 1.41. The summed E-state index contributed by atoms with van der Waals surface area (Å²) in [6.45, 7) is 2.14. The van der Waals surface area contributed by atoms with Crippen molar-refractivity contribution in [2.75, 3.05) is 7.11 Å². The fourth-order valence-corrected chi connectivity index (χ4v) is 6.31. The first-order valence-electron chi connectivity index (χ1n) is 14.3. The number of nitro groups is 1. The van der Waals surface area contributed by atoms with E-state index in [1.165, 1.54) is 58.7 Å². The minimum absolute atomic E-state index is 0.0598. The van der Waals surface area contributed by atoms with Gasteiger partial charge < -0.3 is 9.47 Å². The van der Waals surface area contributed by atoms with Gasteiger partial charge in [0, 0.05) is 17.0 Å². The maximum absolute atomic E-state index is 12.9. The molecule has 0 saturated heterocycles. The van der Waals surface area contributed by atoms with E-state index in [9.17, 15) is 19.7 Å². The summed E-state index contributed by atoms with van der Waals surface area (Å²) < 4.78 is 10.7. The Hall–Kier alpha value is -3.78. The predicted octanol–water partition coefficient (Wildman–Crippen LogP) is 8.74. The van der Waals surface area contributed by atoms with Crippen LogP contribution < -0.4 is 0 Å². The molecule has 0 aliphatic heterocycles. The maximum atomic E-state index is 12.9. The van der Waals surface area contributed by atoms with Crippen LogP contribution in [0.25, 0.3) is 5.57 Å². The molecular formula is C33H37NO6S. The number of non-ortho nitro benzene ring substituents is 1. The van der Waals surface area contributed by atoms with Gasteiger partial charge in [-0.1, -0.05) is 50.1 Å². The van der Waals surface area contributed by atoms with E-state index in [2.05, 4.69) is 37.3 Å². The molecule has 0 unspecified atom stereocenters. The van der Waals surface area contributed by atoms with Crippen LogP contribution in [0.2, 0.25) is 0 Å². The van der Waals surface area contributed by atoms with Gasteiger partial charge in [0.25, 0.3) is 5.69 Å². The summed E-state index contributed by atoms with van der Waals surface area (Å²) in [4.78, 5) is 36.9. The fraction of sp³-hybridized carbons (Fsp3) is 0.394. The standard InChI is InChI=1S/C33H37NO6S/c1-3-4-5-12-30(40-32(35)26-17-19-27(20-18-26)34(37)38)25-15-13-24(14-16-25)29-11-7-9-23(29)8-6-10-28-21-22-31(41-28)33(36)39-2/h11,13-23,30H,3-10,12H2,1-2H3/t23-,30+/m0/s1. The molecule has 41 heavy (non-hydrogen) atoms. The van der Waals surface area contributed by atoms with Crippen molar-refractivity contribution in [1.29, 1.82) is 0 Å². The average molecular weight is 576 g/mol. The van der Waals surface area contributed by atoms with E-state index in [0.717, 1.165) is 63.4 Å². The number of unbranched alkanes of at least 4 members (excludes halogenated alkanes) is 2. The summed E-state index contributed by atoms with van der Waals surface area (Å²) in [5.41, 5.74) is 3.78. The zero-order chi connectivity index (χ0) is 29.2. The van der Waals surface area contributed by atoms with Crippen LogP contribution in [0.5, 0.6) is 0 Å². The number of allylic oxidation sites excluding steroid dienone is 2. The highest BCUT2D eigenvalue weighted by molar-refractivity contribution is 7.13. The fourth-order valence-electron chi connectivity index (χ4n) is 5.34. The Bertz CT molecular complexity index is 1360. The lowest BCUT2D eigenvalue weighted by Gasteiger charge is -2.20. The van der Waals surface area contributed by atoms with E-state index in [0.29, 0.717) is 16.4 Å². The van der Waals surface area contributed by atoms with Crippen molar-refractivity contribution in [3.8, 4) is 0 Å². The van der Waals surface area contributed by atoms with Crippen molar-refractivity contribution in [3.05, 3.63) is 103 Å². The molecule has 1 aliphatic rings. The van der Waals surface area contributed by atoms with Crippen molar-refractivity contribution >= 4 is 34.5 Å². The average Bonchev–Trinajstić information content (AvgIpc) is 3.66. The molecule has 3 aromatic rings. The van der Waals surface area contributed by atoms with Gasteiger partial charge >= 0.3 is 11.9 Å². The third kappa shape index (κ3) is 8.13. The number of nitrogens with zero attached hydrogens (tertiary/aromatic N) is 1. The Morgan fingerprint density at radius 2 is 1.76 bits per heavy atom. The van der Waals surface area contributed by atoms with Crippen LogP contribution in [0.1, 0.15) is 100 Å². The number of rotatable bonds is 14. The van der Waals surface area contributed by atoms with Crippen molar-refractivity contribution in [1.82, 2.24) is 0 Å². The Kier molecular flexibility index (Phi) is 10.8. The van der Waals surface area contributed by atoms with Gasteiger partial charge in [-0.15, -0.1) is 11.3 Å². The second-order valence-electron chi connectivity index (χ2n) is 10.4. The first kappa shape index (κ1) is 30.2. The number of aryl methyl sites for hydroxylation is 1. The van der Waals surface area contributed by atoms with Gasteiger partial charge in [0.05, 0.1) is 17.6 Å². The molecule has 2 aromatic carbocycles. The third-order valence-corrected chi connectivity index (χ3v) is 8.72. The number of carbonyl (C=O) groups is 2. The van der Waals surface area contributed by atoms with Gasteiger partial charge in [-0.2, -0.15) is 0 Å². The van der Waals surface area contributed by atoms with E-state index in [1.807, 2.05) is 12.1 Å². The summed E-state index contributed by atoms with van der Waals surface area (Å²) in [6.07, 6.45) is 11.0. The monoisotopic (exact) mass is 575 g/mol. The molecule has 0 amide bonds. The summed E-state index contributed by atoms with van der Waals surface area (Å²) in [5, 5.41) is 10.9. The molecule has 0 saturated carbocycles. The Balaban J connectivity index is 1.38. The number of nitro benzene ring substituents is 1. The van der Waals surface area contributed by atoms with Crippen molar-refractivity contribution in [3.63, 3.8) is 0 Å². The number of carbonyl (C=O) groups excluding carboxylic acids is 2. The highest BCUT2D eigenvalue weighted by Gasteiger charge is 2.23. The summed E-state index contributed by atoms with van der Waals surface area (Å²) in [6, 6.07) is 17.8. The Labute approximate surface area is 245 Å². The van der Waals surface area contributed by atoms with Gasteiger partial charge in [-0.3, -0.25) is 10.1 Å². The van der Waals surface area contributed by atoms with E-state index in [-0.39, 0.29) is 17.8 Å². The van der Waals surface area contributed by atoms with Crippen LogP contribution in [0, 0.1) is 16.0 Å². The van der Waals surface area contributed by atoms with Crippen molar-refractivity contribution in [2.24, 2.45) is 5.92 Å². The van der Waals surface area contributed by atoms with E-state index < -0.39 is 10.9 Å². The zero-order valence-electron chi connectivity index (χ0n) is 23.7. The minimum Gasteiger partial charge on any atom is -0.465 e. The molecule has 0 radical (unpaired) electrons. The number of benzene rings is 2. The second-order valence-corrected chi connectivity index (χ2v) is 11.6. The van der Waals surface area contributed by atoms with Crippen LogP contribution in [-0.4, -0.2) is 24.0 Å². The number of hydrogen-bond acceptors (Lipinski definition) is 7. The quantitative estimate of drug-likeness (QED) is 0.0825. The normalized spacial score (nSPS) is 15.3. The molecule has 2 atom stereocenters. The van der Waals surface area contributed by atoms with Gasteiger partial charge in [0.15, 0.2) is 0 Å². The highest BCUT2D eigenvalue weighted by Crippen LogP contribution is 2.38. The van der Waals surface area contributed by atoms with Crippen LogP contribution in [0.4, 0.5) is 5.69 Å². The molecule has 1 aliphatic carbocycles. The number of methoxy groups -OCH3 is 1. The third-order valence-electron chi connectivity index (χ3n) is 7.59. The molecule has 8 heteroatoms. The Morgan fingerprint density at radius 1 is 1.00 bits per heavy atom. The molecule has 0 fully saturated rings. The maximum Gasteiger partial charge on any atom is 0.348 e. The molecule has 7 nitrogen and oxygen atoms in total. The van der Waals surface area contributed by atoms with Crippen molar-refractivity contribution < 1.29 is 24.0 Å². The topological polar surface area (TPSA) is 95.7 Å².